The highest BCUT2D eigenvalue weighted by Crippen LogP contribution is 2.06. The standard InChI is InChI=1S/C7H7N2O.BF4/c1-10-7-2-4-9(6-8)5-3-7;2-1(3,4)5/h2-5H,1H3;/q+1;-1. The van der Waals surface area contributed by atoms with Crippen LogP contribution in [0.1, 0.15) is 0 Å². The molecule has 0 atom stereocenters. The van der Waals surface area contributed by atoms with Crippen LogP contribution < -0.4 is 9.30 Å². The van der Waals surface area contributed by atoms with E-state index in [-0.39, 0.29) is 0 Å². The quantitative estimate of drug-likeness (QED) is 0.411. The summed E-state index contributed by atoms with van der Waals surface area (Å²) in [4.78, 5) is 0. The van der Waals surface area contributed by atoms with Gasteiger partial charge in [-0.15, -0.1) is 4.57 Å². The van der Waals surface area contributed by atoms with E-state index in [1.165, 1.54) is 4.57 Å². The second-order valence-corrected chi connectivity index (χ2v) is 2.24. The highest BCUT2D eigenvalue weighted by atomic mass is 19.5. The Morgan fingerprint density at radius 2 is 1.67 bits per heavy atom. The van der Waals surface area contributed by atoms with Gasteiger partial charge >= 0.3 is 13.4 Å². The number of hydrogen-bond donors (Lipinski definition) is 0. The van der Waals surface area contributed by atoms with Gasteiger partial charge in [0.15, 0.2) is 5.26 Å². The summed E-state index contributed by atoms with van der Waals surface area (Å²) in [6.07, 6.45) is 5.21. The molecule has 3 nitrogen and oxygen atoms in total. The maximum absolute atomic E-state index is 9.75. The van der Waals surface area contributed by atoms with Crippen molar-refractivity contribution in [3.05, 3.63) is 24.5 Å². The highest BCUT2D eigenvalue weighted by Gasteiger charge is 2.20. The van der Waals surface area contributed by atoms with Crippen LogP contribution in [0.5, 0.6) is 5.75 Å². The number of nitriles is 1. The molecular weight excluding hydrogens is 215 g/mol. The third-order valence-corrected chi connectivity index (χ3v) is 1.15. The lowest BCUT2D eigenvalue weighted by Gasteiger charge is -1.94. The Kier molecular flexibility index (Phi) is 5.16. The van der Waals surface area contributed by atoms with E-state index in [1.807, 2.05) is 6.19 Å². The summed E-state index contributed by atoms with van der Waals surface area (Å²) >= 11 is 0. The fraction of sp³-hybridized carbons (Fsp3) is 0.143. The van der Waals surface area contributed by atoms with Gasteiger partial charge in [0.2, 0.25) is 0 Å². The van der Waals surface area contributed by atoms with Crippen LogP contribution in [0.25, 0.3) is 0 Å². The first-order valence-electron chi connectivity index (χ1n) is 3.69. The molecule has 0 fully saturated rings. The second-order valence-electron chi connectivity index (χ2n) is 2.24. The number of hydrogen-bond acceptors (Lipinski definition) is 2. The van der Waals surface area contributed by atoms with Gasteiger partial charge in [-0.1, -0.05) is 0 Å². The number of nitrogens with zero attached hydrogens (tertiary/aromatic N) is 2. The van der Waals surface area contributed by atoms with Crippen molar-refractivity contribution in [2.75, 3.05) is 7.11 Å². The molecular formula is C7H7BF4N2O. The van der Waals surface area contributed by atoms with Crippen LogP contribution in [0.4, 0.5) is 17.3 Å². The van der Waals surface area contributed by atoms with Crippen molar-refractivity contribution in [2.45, 2.75) is 0 Å². The molecule has 1 rings (SSSR count). The van der Waals surface area contributed by atoms with Crippen molar-refractivity contribution in [3.8, 4) is 11.9 Å². The topological polar surface area (TPSA) is 36.9 Å². The van der Waals surface area contributed by atoms with Crippen LogP contribution in [0.3, 0.4) is 0 Å². The highest BCUT2D eigenvalue weighted by molar-refractivity contribution is 6.50. The molecule has 1 aromatic heterocycles. The molecule has 82 valence electrons. The van der Waals surface area contributed by atoms with E-state index in [0.29, 0.717) is 0 Å². The number of rotatable bonds is 1. The molecule has 0 aliphatic heterocycles. The third kappa shape index (κ3) is 8.55. The summed E-state index contributed by atoms with van der Waals surface area (Å²) < 4.78 is 45.3. The minimum atomic E-state index is -6.00. The minimum absolute atomic E-state index is 0.756. The van der Waals surface area contributed by atoms with Crippen molar-refractivity contribution in [1.29, 1.82) is 5.26 Å². The maximum atomic E-state index is 9.75. The van der Waals surface area contributed by atoms with Gasteiger partial charge in [0.25, 0.3) is 0 Å². The summed E-state index contributed by atoms with van der Waals surface area (Å²) in [6.45, 7) is 0. The zero-order valence-electron chi connectivity index (χ0n) is 7.70. The number of methoxy groups -OCH3 is 1. The fourth-order valence-corrected chi connectivity index (χ4v) is 0.616. The molecule has 0 spiro atoms. The Labute approximate surface area is 83.6 Å². The van der Waals surface area contributed by atoms with Gasteiger partial charge in [-0.2, -0.15) is 0 Å². The minimum Gasteiger partial charge on any atom is -0.496 e. The third-order valence-electron chi connectivity index (χ3n) is 1.15. The van der Waals surface area contributed by atoms with Gasteiger partial charge in [0.1, 0.15) is 18.1 Å². The first-order chi connectivity index (χ1) is 6.86. The van der Waals surface area contributed by atoms with Crippen LogP contribution in [0, 0.1) is 11.5 Å². The van der Waals surface area contributed by atoms with Crippen molar-refractivity contribution >= 4 is 7.25 Å². The summed E-state index contributed by atoms with van der Waals surface area (Å²) in [7, 11) is -4.41. The molecule has 0 saturated carbocycles. The van der Waals surface area contributed by atoms with E-state index in [0.717, 1.165) is 5.75 Å². The van der Waals surface area contributed by atoms with Gasteiger partial charge in [0, 0.05) is 12.1 Å². The number of halogens is 4. The largest absolute Gasteiger partial charge is 0.673 e. The Hall–Kier alpha value is -1.78. The molecule has 0 unspecified atom stereocenters. The normalized spacial score (nSPS) is 9.60. The zero-order valence-corrected chi connectivity index (χ0v) is 7.70. The predicted octanol–water partition coefficient (Wildman–Crippen LogP) is 1.61. The Morgan fingerprint density at radius 3 is 1.93 bits per heavy atom. The van der Waals surface area contributed by atoms with Crippen LogP contribution >= 0.6 is 0 Å². The molecule has 1 aromatic rings. The van der Waals surface area contributed by atoms with Crippen LogP contribution in [-0.4, -0.2) is 14.4 Å². The lowest BCUT2D eigenvalue weighted by atomic mass is 10.3. The van der Waals surface area contributed by atoms with Gasteiger partial charge in [-0.25, -0.2) is 0 Å². The van der Waals surface area contributed by atoms with Crippen molar-refractivity contribution < 1.29 is 26.6 Å². The van der Waals surface area contributed by atoms with Crippen molar-refractivity contribution in [3.63, 3.8) is 0 Å². The van der Waals surface area contributed by atoms with Gasteiger partial charge in [-0.05, 0) is 0 Å². The molecule has 0 aliphatic carbocycles. The van der Waals surface area contributed by atoms with Crippen molar-refractivity contribution in [2.24, 2.45) is 0 Å². The summed E-state index contributed by atoms with van der Waals surface area (Å²) in [5, 5.41) is 8.37. The molecule has 1 heterocycles. The smallest absolute Gasteiger partial charge is 0.496 e. The summed E-state index contributed by atoms with van der Waals surface area (Å²) in [5.41, 5.74) is 0. The Balaban J connectivity index is 0.000000336. The lowest BCUT2D eigenvalue weighted by Crippen LogP contribution is -2.25. The molecule has 0 saturated heterocycles. The molecule has 0 aliphatic rings. The van der Waals surface area contributed by atoms with E-state index < -0.39 is 7.25 Å². The fourth-order valence-electron chi connectivity index (χ4n) is 0.616. The van der Waals surface area contributed by atoms with Crippen LogP contribution in [-0.2, 0) is 0 Å². The zero-order chi connectivity index (χ0) is 11.9. The second kappa shape index (κ2) is 5.85. The van der Waals surface area contributed by atoms with Gasteiger partial charge < -0.3 is 22.0 Å². The van der Waals surface area contributed by atoms with Crippen LogP contribution in [0.15, 0.2) is 24.5 Å². The van der Waals surface area contributed by atoms with E-state index in [9.17, 15) is 17.3 Å². The molecule has 0 amide bonds. The first-order valence-corrected chi connectivity index (χ1v) is 3.69. The summed E-state index contributed by atoms with van der Waals surface area (Å²) in [6, 6.07) is 3.45. The Morgan fingerprint density at radius 1 is 1.27 bits per heavy atom. The molecule has 0 bridgehead atoms. The van der Waals surface area contributed by atoms with Crippen LogP contribution in [0.2, 0.25) is 0 Å². The average Bonchev–Trinajstić information content (AvgIpc) is 2.15. The first kappa shape index (κ1) is 13.2. The predicted molar refractivity (Wildman–Crippen MR) is 44.4 cm³/mol. The molecule has 0 aromatic carbocycles. The van der Waals surface area contributed by atoms with Gasteiger partial charge in [0.05, 0.1) is 7.11 Å². The van der Waals surface area contributed by atoms with Crippen molar-refractivity contribution in [1.82, 2.24) is 0 Å². The lowest BCUT2D eigenvalue weighted by molar-refractivity contribution is -0.586. The average molecular weight is 222 g/mol. The van der Waals surface area contributed by atoms with E-state index in [4.69, 9.17) is 10.00 Å². The SMILES string of the molecule is COc1cc[n+](C#N)cc1.F[B-](F)(F)F. The number of aromatic nitrogens is 1. The molecule has 0 N–H and O–H groups in total. The number of ether oxygens (including phenoxy) is 1. The van der Waals surface area contributed by atoms with E-state index in [2.05, 4.69) is 0 Å². The molecule has 0 radical (unpaired) electrons. The monoisotopic (exact) mass is 222 g/mol. The van der Waals surface area contributed by atoms with Gasteiger partial charge in [-0.3, -0.25) is 0 Å². The van der Waals surface area contributed by atoms with E-state index >= 15 is 0 Å². The maximum Gasteiger partial charge on any atom is 0.673 e. The van der Waals surface area contributed by atoms with E-state index in [1.54, 1.807) is 31.6 Å². The molecule has 8 heteroatoms. The number of pyridine rings is 1. The summed E-state index contributed by atoms with van der Waals surface area (Å²) in [5.74, 6) is 0.756. The molecule has 15 heavy (non-hydrogen) atoms. The Bertz CT molecular complexity index is 326.